The van der Waals surface area contributed by atoms with E-state index in [-0.39, 0.29) is 18.2 Å². The Labute approximate surface area is 137 Å². The second-order valence-electron chi connectivity index (χ2n) is 5.61. The molecule has 0 aliphatic rings. The number of hydrogen-bond acceptors (Lipinski definition) is 3. The predicted molar refractivity (Wildman–Crippen MR) is 92.5 cm³/mol. The third kappa shape index (κ3) is 5.25. The number of nitrogens with one attached hydrogen (secondary N) is 1. The summed E-state index contributed by atoms with van der Waals surface area (Å²) < 4.78 is 0. The van der Waals surface area contributed by atoms with E-state index in [0.29, 0.717) is 6.42 Å². The fraction of sp³-hybridized carbons (Fsp3) is 0.263. The Kier molecular flexibility index (Phi) is 5.92. The monoisotopic (exact) mass is 310 g/mol. The number of anilines is 1. The summed E-state index contributed by atoms with van der Waals surface area (Å²) in [5.41, 5.74) is 1.99. The van der Waals surface area contributed by atoms with Crippen molar-refractivity contribution >= 4 is 17.4 Å². The molecule has 4 nitrogen and oxygen atoms in total. The molecule has 2 aromatic rings. The van der Waals surface area contributed by atoms with Crippen molar-refractivity contribution in [2.45, 2.75) is 19.4 Å². The molecule has 0 bridgehead atoms. The van der Waals surface area contributed by atoms with Gasteiger partial charge in [0.25, 0.3) is 0 Å². The van der Waals surface area contributed by atoms with Gasteiger partial charge in [-0.3, -0.25) is 9.59 Å². The quantitative estimate of drug-likeness (QED) is 0.854. The van der Waals surface area contributed by atoms with E-state index in [1.807, 2.05) is 72.6 Å². The zero-order valence-electron chi connectivity index (χ0n) is 13.5. The number of ketones is 1. The average molecular weight is 310 g/mol. The molecule has 0 aliphatic heterocycles. The van der Waals surface area contributed by atoms with E-state index in [0.717, 1.165) is 11.3 Å². The van der Waals surface area contributed by atoms with Crippen LogP contribution >= 0.6 is 0 Å². The maximum absolute atomic E-state index is 12.2. The molecule has 23 heavy (non-hydrogen) atoms. The van der Waals surface area contributed by atoms with Crippen molar-refractivity contribution < 1.29 is 9.59 Å². The number of Topliss-reactive ketones (excluding diaryl/α,β-unsaturated/α-hetero) is 1. The molecule has 0 unspecified atom stereocenters. The summed E-state index contributed by atoms with van der Waals surface area (Å²) in [6, 6.07) is 18.9. The summed E-state index contributed by atoms with van der Waals surface area (Å²) in [5, 5.41) is 2.84. The number of carbonyl (C=O) groups is 2. The van der Waals surface area contributed by atoms with Crippen LogP contribution in [0.25, 0.3) is 0 Å². The van der Waals surface area contributed by atoms with Crippen LogP contribution in [0.3, 0.4) is 0 Å². The Morgan fingerprint density at radius 2 is 1.57 bits per heavy atom. The molecule has 0 saturated carbocycles. The molecule has 1 atom stereocenters. The first-order valence-corrected chi connectivity index (χ1v) is 7.66. The minimum Gasteiger partial charge on any atom is -0.365 e. The van der Waals surface area contributed by atoms with Crippen molar-refractivity contribution in [2.75, 3.05) is 18.5 Å². The Morgan fingerprint density at radius 3 is 2.13 bits per heavy atom. The van der Waals surface area contributed by atoms with E-state index in [4.69, 9.17) is 0 Å². The van der Waals surface area contributed by atoms with Crippen molar-refractivity contribution in [1.82, 2.24) is 5.32 Å². The topological polar surface area (TPSA) is 49.4 Å². The highest BCUT2D eigenvalue weighted by molar-refractivity contribution is 5.89. The SMILES string of the molecule is CC(=O)[C@@H](Cc1ccccc1)NC(=O)CN(C)c1ccccc1. The number of amides is 1. The molecule has 0 aliphatic carbocycles. The second kappa shape index (κ2) is 8.13. The van der Waals surface area contributed by atoms with Crippen molar-refractivity contribution in [3.05, 3.63) is 66.2 Å². The van der Waals surface area contributed by atoms with Gasteiger partial charge in [-0.2, -0.15) is 0 Å². The largest absolute Gasteiger partial charge is 0.365 e. The Morgan fingerprint density at radius 1 is 1.00 bits per heavy atom. The number of benzene rings is 2. The van der Waals surface area contributed by atoms with Crippen LogP contribution in [0.1, 0.15) is 12.5 Å². The van der Waals surface area contributed by atoms with Gasteiger partial charge in [0, 0.05) is 12.7 Å². The van der Waals surface area contributed by atoms with Crippen molar-refractivity contribution in [2.24, 2.45) is 0 Å². The van der Waals surface area contributed by atoms with Gasteiger partial charge in [0.15, 0.2) is 5.78 Å². The zero-order valence-corrected chi connectivity index (χ0v) is 13.5. The van der Waals surface area contributed by atoms with E-state index in [1.54, 1.807) is 0 Å². The standard InChI is InChI=1S/C19H22N2O2/c1-15(22)18(13-16-9-5-3-6-10-16)20-19(23)14-21(2)17-11-7-4-8-12-17/h3-12,18H,13-14H2,1-2H3,(H,20,23)/t18-/m1/s1. The number of nitrogens with zero attached hydrogens (tertiary/aromatic N) is 1. The summed E-state index contributed by atoms with van der Waals surface area (Å²) in [7, 11) is 1.86. The van der Waals surface area contributed by atoms with Crippen LogP contribution in [-0.4, -0.2) is 31.3 Å². The minimum absolute atomic E-state index is 0.0374. The van der Waals surface area contributed by atoms with Crippen LogP contribution in [0.2, 0.25) is 0 Å². The van der Waals surface area contributed by atoms with Gasteiger partial charge < -0.3 is 10.2 Å². The highest BCUT2D eigenvalue weighted by atomic mass is 16.2. The first kappa shape index (κ1) is 16.7. The molecule has 0 radical (unpaired) electrons. The number of likely N-dealkylation sites (N-methyl/N-ethyl adjacent to an activating group) is 1. The van der Waals surface area contributed by atoms with Gasteiger partial charge in [-0.25, -0.2) is 0 Å². The summed E-state index contributed by atoms with van der Waals surface area (Å²) in [5.74, 6) is -0.197. The van der Waals surface area contributed by atoms with Gasteiger partial charge >= 0.3 is 0 Å². The molecule has 120 valence electrons. The van der Waals surface area contributed by atoms with Crippen molar-refractivity contribution in [3.8, 4) is 0 Å². The summed E-state index contributed by atoms with van der Waals surface area (Å²) in [6.45, 7) is 1.72. The van der Waals surface area contributed by atoms with Crippen LogP contribution < -0.4 is 10.2 Å². The van der Waals surface area contributed by atoms with Gasteiger partial charge in [-0.1, -0.05) is 48.5 Å². The highest BCUT2D eigenvalue weighted by Crippen LogP contribution is 2.10. The lowest BCUT2D eigenvalue weighted by Crippen LogP contribution is -2.45. The maximum atomic E-state index is 12.2. The average Bonchev–Trinajstić information content (AvgIpc) is 2.56. The number of carbonyl (C=O) groups excluding carboxylic acids is 2. The molecular weight excluding hydrogens is 288 g/mol. The minimum atomic E-state index is -0.492. The molecule has 0 spiro atoms. The number of para-hydroxylation sites is 1. The van der Waals surface area contributed by atoms with Gasteiger partial charge in [0.05, 0.1) is 12.6 Å². The molecule has 1 N–H and O–H groups in total. The lowest BCUT2D eigenvalue weighted by atomic mass is 10.0. The van der Waals surface area contributed by atoms with Crippen LogP contribution in [0, 0.1) is 0 Å². The summed E-state index contributed by atoms with van der Waals surface area (Å²) in [6.07, 6.45) is 0.511. The smallest absolute Gasteiger partial charge is 0.240 e. The third-order valence-corrected chi connectivity index (χ3v) is 3.69. The Balaban J connectivity index is 1.94. The van der Waals surface area contributed by atoms with Crippen LogP contribution in [-0.2, 0) is 16.0 Å². The molecule has 0 heterocycles. The molecule has 1 amide bonds. The van der Waals surface area contributed by atoms with Gasteiger partial charge in [-0.05, 0) is 31.0 Å². The summed E-state index contributed by atoms with van der Waals surface area (Å²) in [4.78, 5) is 25.9. The second-order valence-corrected chi connectivity index (χ2v) is 5.61. The fourth-order valence-corrected chi connectivity index (χ4v) is 2.38. The first-order valence-electron chi connectivity index (χ1n) is 7.66. The normalized spacial score (nSPS) is 11.6. The fourth-order valence-electron chi connectivity index (χ4n) is 2.38. The number of rotatable bonds is 7. The van der Waals surface area contributed by atoms with E-state index >= 15 is 0 Å². The lowest BCUT2D eigenvalue weighted by Gasteiger charge is -2.21. The molecule has 0 saturated heterocycles. The third-order valence-electron chi connectivity index (χ3n) is 3.69. The van der Waals surface area contributed by atoms with Gasteiger partial charge in [-0.15, -0.1) is 0 Å². The maximum Gasteiger partial charge on any atom is 0.240 e. The van der Waals surface area contributed by atoms with E-state index in [2.05, 4.69) is 5.32 Å². The van der Waals surface area contributed by atoms with E-state index < -0.39 is 6.04 Å². The molecule has 0 aromatic heterocycles. The molecular formula is C19H22N2O2. The molecule has 2 aromatic carbocycles. The van der Waals surface area contributed by atoms with E-state index in [9.17, 15) is 9.59 Å². The van der Waals surface area contributed by atoms with Crippen LogP contribution in [0.5, 0.6) is 0 Å². The van der Waals surface area contributed by atoms with E-state index in [1.165, 1.54) is 6.92 Å². The van der Waals surface area contributed by atoms with Crippen LogP contribution in [0.15, 0.2) is 60.7 Å². The van der Waals surface area contributed by atoms with Gasteiger partial charge in [0.2, 0.25) is 5.91 Å². The molecule has 4 heteroatoms. The Hall–Kier alpha value is -2.62. The zero-order chi connectivity index (χ0) is 16.7. The summed E-state index contributed by atoms with van der Waals surface area (Å²) >= 11 is 0. The van der Waals surface area contributed by atoms with Crippen molar-refractivity contribution in [1.29, 1.82) is 0 Å². The lowest BCUT2D eigenvalue weighted by molar-refractivity contribution is -0.126. The first-order chi connectivity index (χ1) is 11.1. The highest BCUT2D eigenvalue weighted by Gasteiger charge is 2.18. The molecule has 0 fully saturated rings. The number of hydrogen-bond donors (Lipinski definition) is 1. The van der Waals surface area contributed by atoms with Crippen LogP contribution in [0.4, 0.5) is 5.69 Å². The van der Waals surface area contributed by atoms with Gasteiger partial charge in [0.1, 0.15) is 0 Å². The Bertz CT molecular complexity index is 641. The molecule has 2 rings (SSSR count). The predicted octanol–water partition coefficient (Wildman–Crippen LogP) is 2.44. The van der Waals surface area contributed by atoms with Crippen molar-refractivity contribution in [3.63, 3.8) is 0 Å².